The second-order valence-electron chi connectivity index (χ2n) is 5.63. The van der Waals surface area contributed by atoms with Crippen molar-refractivity contribution in [3.63, 3.8) is 0 Å². The molecule has 1 aliphatic heterocycles. The quantitative estimate of drug-likeness (QED) is 0.920. The summed E-state index contributed by atoms with van der Waals surface area (Å²) in [5.74, 6) is 1.27. The van der Waals surface area contributed by atoms with Crippen LogP contribution in [0.15, 0.2) is 36.4 Å². The molecule has 1 unspecified atom stereocenters. The van der Waals surface area contributed by atoms with Gasteiger partial charge in [-0.15, -0.1) is 0 Å². The van der Waals surface area contributed by atoms with E-state index in [1.807, 2.05) is 6.07 Å². The molecule has 3 nitrogen and oxygen atoms in total. The predicted octanol–water partition coefficient (Wildman–Crippen LogP) is 3.96. The highest BCUT2D eigenvalue weighted by Gasteiger charge is 2.32. The van der Waals surface area contributed by atoms with Crippen LogP contribution in [0, 0.1) is 0 Å². The van der Waals surface area contributed by atoms with E-state index in [1.54, 1.807) is 26.4 Å². The highest BCUT2D eigenvalue weighted by atomic mass is 19.4. The zero-order chi connectivity index (χ0) is 17.3. The van der Waals surface area contributed by atoms with Crippen molar-refractivity contribution in [1.29, 1.82) is 0 Å². The average molecular weight is 337 g/mol. The SMILES string of the molecule is COc1ccc2c(c1OC)CCNC2c1cccc(C(F)(F)F)c1. The highest BCUT2D eigenvalue weighted by molar-refractivity contribution is 5.54. The Bertz CT molecular complexity index is 744. The standard InChI is InChI=1S/C18H18F3NO2/c1-23-15-7-6-13-14(17(15)24-2)8-9-22-16(13)11-4-3-5-12(10-11)18(19,20)21/h3-7,10,16,22H,8-9H2,1-2H3. The molecule has 2 aromatic rings. The number of hydrogen-bond acceptors (Lipinski definition) is 3. The molecule has 1 atom stereocenters. The van der Waals surface area contributed by atoms with Crippen LogP contribution in [0.1, 0.15) is 28.3 Å². The van der Waals surface area contributed by atoms with Crippen LogP contribution in [0.3, 0.4) is 0 Å². The van der Waals surface area contributed by atoms with Gasteiger partial charge in [-0.25, -0.2) is 0 Å². The molecule has 1 N–H and O–H groups in total. The van der Waals surface area contributed by atoms with Crippen LogP contribution in [-0.4, -0.2) is 20.8 Å². The van der Waals surface area contributed by atoms with Crippen molar-refractivity contribution >= 4 is 0 Å². The van der Waals surface area contributed by atoms with Crippen molar-refractivity contribution in [2.45, 2.75) is 18.6 Å². The minimum Gasteiger partial charge on any atom is -0.493 e. The number of benzene rings is 2. The van der Waals surface area contributed by atoms with Gasteiger partial charge in [0.15, 0.2) is 11.5 Å². The average Bonchev–Trinajstić information content (AvgIpc) is 2.59. The summed E-state index contributed by atoms with van der Waals surface area (Å²) in [6.07, 6.45) is -3.63. The molecule has 0 bridgehead atoms. The van der Waals surface area contributed by atoms with Crippen LogP contribution in [-0.2, 0) is 12.6 Å². The van der Waals surface area contributed by atoms with E-state index >= 15 is 0 Å². The summed E-state index contributed by atoms with van der Waals surface area (Å²) in [4.78, 5) is 0. The third-order valence-corrected chi connectivity index (χ3v) is 4.27. The Hall–Kier alpha value is -2.21. The van der Waals surface area contributed by atoms with Crippen LogP contribution >= 0.6 is 0 Å². The van der Waals surface area contributed by atoms with Gasteiger partial charge in [0.1, 0.15) is 0 Å². The molecule has 0 saturated heterocycles. The topological polar surface area (TPSA) is 30.5 Å². The van der Waals surface area contributed by atoms with E-state index in [-0.39, 0.29) is 6.04 Å². The maximum atomic E-state index is 13.0. The van der Waals surface area contributed by atoms with Crippen molar-refractivity contribution in [1.82, 2.24) is 5.32 Å². The molecule has 0 aromatic heterocycles. The van der Waals surface area contributed by atoms with E-state index in [4.69, 9.17) is 9.47 Å². The van der Waals surface area contributed by atoms with Crippen molar-refractivity contribution in [2.24, 2.45) is 0 Å². The molecule has 6 heteroatoms. The zero-order valence-electron chi connectivity index (χ0n) is 13.4. The number of halogens is 3. The summed E-state index contributed by atoms with van der Waals surface area (Å²) >= 11 is 0. The van der Waals surface area contributed by atoms with E-state index in [9.17, 15) is 13.2 Å². The van der Waals surface area contributed by atoms with Gasteiger partial charge in [0.2, 0.25) is 0 Å². The molecule has 0 amide bonds. The number of methoxy groups -OCH3 is 2. The summed E-state index contributed by atoms with van der Waals surface area (Å²) in [6, 6.07) is 8.79. The first kappa shape index (κ1) is 16.6. The van der Waals surface area contributed by atoms with Crippen LogP contribution in [0.2, 0.25) is 0 Å². The van der Waals surface area contributed by atoms with E-state index in [1.165, 1.54) is 12.1 Å². The summed E-state index contributed by atoms with van der Waals surface area (Å²) in [6.45, 7) is 0.650. The molecular weight excluding hydrogens is 319 g/mol. The molecule has 1 aliphatic rings. The fourth-order valence-corrected chi connectivity index (χ4v) is 3.18. The Labute approximate surface area is 138 Å². The fourth-order valence-electron chi connectivity index (χ4n) is 3.18. The normalized spacial score (nSPS) is 17.3. The molecule has 0 saturated carbocycles. The van der Waals surface area contributed by atoms with E-state index in [0.717, 1.165) is 23.6 Å². The molecule has 0 radical (unpaired) electrons. The minimum atomic E-state index is -4.36. The fraction of sp³-hybridized carbons (Fsp3) is 0.333. The monoisotopic (exact) mass is 337 g/mol. The predicted molar refractivity (Wildman–Crippen MR) is 84.5 cm³/mol. The number of alkyl halides is 3. The van der Waals surface area contributed by atoms with Crippen molar-refractivity contribution in [3.8, 4) is 11.5 Å². The lowest BCUT2D eigenvalue weighted by Gasteiger charge is -2.29. The highest BCUT2D eigenvalue weighted by Crippen LogP contribution is 2.40. The lowest BCUT2D eigenvalue weighted by molar-refractivity contribution is -0.137. The summed E-state index contributed by atoms with van der Waals surface area (Å²) < 4.78 is 49.8. The molecule has 0 aliphatic carbocycles. The van der Waals surface area contributed by atoms with Gasteiger partial charge in [-0.05, 0) is 35.7 Å². The van der Waals surface area contributed by atoms with Crippen LogP contribution in [0.4, 0.5) is 13.2 Å². The third kappa shape index (κ3) is 2.94. The molecular formula is C18H18F3NO2. The van der Waals surface area contributed by atoms with Crippen LogP contribution < -0.4 is 14.8 Å². The third-order valence-electron chi connectivity index (χ3n) is 4.27. The van der Waals surface area contributed by atoms with Gasteiger partial charge in [-0.1, -0.05) is 18.2 Å². The number of fused-ring (bicyclic) bond motifs is 1. The smallest absolute Gasteiger partial charge is 0.416 e. The first-order valence-corrected chi connectivity index (χ1v) is 7.60. The number of rotatable bonds is 3. The lowest BCUT2D eigenvalue weighted by Crippen LogP contribution is -2.31. The van der Waals surface area contributed by atoms with Gasteiger partial charge < -0.3 is 14.8 Å². The lowest BCUT2D eigenvalue weighted by atomic mass is 9.88. The number of ether oxygens (including phenoxy) is 2. The molecule has 128 valence electrons. The molecule has 24 heavy (non-hydrogen) atoms. The maximum absolute atomic E-state index is 13.0. The minimum absolute atomic E-state index is 0.309. The van der Waals surface area contributed by atoms with Crippen molar-refractivity contribution < 1.29 is 22.6 Å². The largest absolute Gasteiger partial charge is 0.493 e. The Morgan fingerprint density at radius 2 is 1.88 bits per heavy atom. The molecule has 3 rings (SSSR count). The molecule has 0 fully saturated rings. The summed E-state index contributed by atoms with van der Waals surface area (Å²) in [7, 11) is 3.13. The van der Waals surface area contributed by atoms with Gasteiger partial charge >= 0.3 is 6.18 Å². The maximum Gasteiger partial charge on any atom is 0.416 e. The van der Waals surface area contributed by atoms with E-state index in [0.29, 0.717) is 23.6 Å². The number of hydrogen-bond donors (Lipinski definition) is 1. The van der Waals surface area contributed by atoms with Gasteiger partial charge in [-0.2, -0.15) is 13.2 Å². The van der Waals surface area contributed by atoms with Gasteiger partial charge in [0, 0.05) is 12.1 Å². The summed E-state index contributed by atoms with van der Waals surface area (Å²) in [5.41, 5.74) is 1.82. The van der Waals surface area contributed by atoms with Crippen LogP contribution in [0.25, 0.3) is 0 Å². The number of nitrogens with one attached hydrogen (secondary N) is 1. The van der Waals surface area contributed by atoms with Gasteiger partial charge in [0.25, 0.3) is 0 Å². The Morgan fingerprint density at radius 1 is 1.08 bits per heavy atom. The first-order chi connectivity index (χ1) is 11.5. The van der Waals surface area contributed by atoms with Gasteiger partial charge in [0.05, 0.1) is 25.8 Å². The zero-order valence-corrected chi connectivity index (χ0v) is 13.4. The first-order valence-electron chi connectivity index (χ1n) is 7.60. The van der Waals surface area contributed by atoms with Crippen molar-refractivity contribution in [2.75, 3.05) is 20.8 Å². The molecule has 0 spiro atoms. The Balaban J connectivity index is 2.08. The molecule has 2 aromatic carbocycles. The van der Waals surface area contributed by atoms with Crippen LogP contribution in [0.5, 0.6) is 11.5 Å². The van der Waals surface area contributed by atoms with Crippen molar-refractivity contribution in [3.05, 3.63) is 58.7 Å². The van der Waals surface area contributed by atoms with E-state index < -0.39 is 11.7 Å². The second-order valence-corrected chi connectivity index (χ2v) is 5.63. The van der Waals surface area contributed by atoms with Gasteiger partial charge in [-0.3, -0.25) is 0 Å². The van der Waals surface area contributed by atoms with E-state index in [2.05, 4.69) is 5.32 Å². The Kier molecular flexibility index (Phi) is 4.41. The second kappa shape index (κ2) is 6.36. The summed E-state index contributed by atoms with van der Waals surface area (Å²) in [5, 5.41) is 3.30. The Morgan fingerprint density at radius 3 is 2.54 bits per heavy atom. The molecule has 1 heterocycles.